The van der Waals surface area contributed by atoms with Crippen molar-refractivity contribution >= 4 is 5.57 Å². The zero-order chi connectivity index (χ0) is 15.4. The van der Waals surface area contributed by atoms with E-state index >= 15 is 0 Å². The molecule has 0 saturated heterocycles. The first kappa shape index (κ1) is 17.8. The van der Waals surface area contributed by atoms with Gasteiger partial charge in [-0.15, -0.1) is 0 Å². The Morgan fingerprint density at radius 2 is 1.91 bits per heavy atom. The molecule has 0 amide bonds. The molecule has 1 nitrogen and oxygen atoms in total. The van der Waals surface area contributed by atoms with Gasteiger partial charge in [0.15, 0.2) is 0 Å². The van der Waals surface area contributed by atoms with Gasteiger partial charge in [-0.05, 0) is 41.5 Å². The van der Waals surface area contributed by atoms with Crippen LogP contribution in [0, 0.1) is 0 Å². The lowest BCUT2D eigenvalue weighted by Gasteiger charge is -2.19. The molecule has 122 valence electrons. The average Bonchev–Trinajstić information content (AvgIpc) is 2.50. The summed E-state index contributed by atoms with van der Waals surface area (Å²) in [7, 11) is 4.43. The van der Waals surface area contributed by atoms with Crippen molar-refractivity contribution in [1.29, 1.82) is 0 Å². The highest BCUT2D eigenvalue weighted by Crippen LogP contribution is 2.31. The fraction of sp³-hybridized carbons (Fsp3) is 0.333. The molecule has 0 unspecified atom stereocenters. The number of benzene rings is 1. The van der Waals surface area contributed by atoms with E-state index < -0.39 is 0 Å². The maximum Gasteiger partial charge on any atom is 0.0802 e. The van der Waals surface area contributed by atoms with Crippen LogP contribution in [0.4, 0.5) is 0 Å². The second-order valence-corrected chi connectivity index (χ2v) is 6.57. The molecule has 0 aliphatic heterocycles. The van der Waals surface area contributed by atoms with Crippen LogP contribution in [0.25, 0.3) is 5.57 Å². The van der Waals surface area contributed by atoms with Gasteiger partial charge in [0.2, 0.25) is 0 Å². The molecule has 1 aromatic rings. The lowest BCUT2D eigenvalue weighted by Crippen LogP contribution is -3.05. The predicted molar refractivity (Wildman–Crippen MR) is 95.0 cm³/mol. The van der Waals surface area contributed by atoms with E-state index in [1.807, 2.05) is 0 Å². The summed E-state index contributed by atoms with van der Waals surface area (Å²) in [6, 6.07) is 8.90. The van der Waals surface area contributed by atoms with Crippen LogP contribution in [0.5, 0.6) is 0 Å². The molecule has 0 saturated carbocycles. The van der Waals surface area contributed by atoms with E-state index in [9.17, 15) is 0 Å². The van der Waals surface area contributed by atoms with E-state index in [4.69, 9.17) is 0 Å². The number of hydrogen-bond donors (Lipinski definition) is 1. The fourth-order valence-corrected chi connectivity index (χ4v) is 3.24. The van der Waals surface area contributed by atoms with Crippen molar-refractivity contribution in [3.05, 3.63) is 76.9 Å². The Kier molecular flexibility index (Phi) is 6.44. The molecule has 0 heterocycles. The van der Waals surface area contributed by atoms with Gasteiger partial charge < -0.3 is 17.3 Å². The lowest BCUT2D eigenvalue weighted by atomic mass is 9.85. The van der Waals surface area contributed by atoms with Crippen LogP contribution in [0.1, 0.15) is 30.4 Å². The third-order valence-electron chi connectivity index (χ3n) is 4.50. The Labute approximate surface area is 146 Å². The Morgan fingerprint density at radius 1 is 1.09 bits per heavy atom. The quantitative estimate of drug-likeness (QED) is 0.818. The van der Waals surface area contributed by atoms with E-state index in [2.05, 4.69) is 68.7 Å². The summed E-state index contributed by atoms with van der Waals surface area (Å²) < 4.78 is 0. The van der Waals surface area contributed by atoms with Crippen molar-refractivity contribution in [1.82, 2.24) is 0 Å². The Hall–Kier alpha value is -1.57. The first-order valence-corrected chi connectivity index (χ1v) is 8.38. The molecule has 3 rings (SSSR count). The van der Waals surface area contributed by atoms with Gasteiger partial charge in [-0.1, -0.05) is 60.2 Å². The van der Waals surface area contributed by atoms with Gasteiger partial charge in [0.25, 0.3) is 0 Å². The number of hydrogen-bond acceptors (Lipinski definition) is 0. The fourth-order valence-electron chi connectivity index (χ4n) is 3.24. The van der Waals surface area contributed by atoms with Gasteiger partial charge in [0.1, 0.15) is 0 Å². The molecule has 0 spiro atoms. The molecule has 2 heteroatoms. The van der Waals surface area contributed by atoms with Gasteiger partial charge in [-0.25, -0.2) is 0 Å². The normalized spacial score (nSPS) is 19.7. The summed E-state index contributed by atoms with van der Waals surface area (Å²) in [5, 5.41) is 0. The standard InChI is InChI=1S/C21H25N.ClH/c1-22(2)15-7-11-18-14-13-17-8-3-4-9-19(17)16-20-10-5-6-12-21(18)20;/h3,5-6,8,10-14H,4,7,9,15-16H2,1-2H3;1H/b14-13-,18-11-;. The molecule has 1 N–H and O–H groups in total. The summed E-state index contributed by atoms with van der Waals surface area (Å²) in [5.41, 5.74) is 7.27. The average molecular weight is 328 g/mol. The molecular weight excluding hydrogens is 302 g/mol. The van der Waals surface area contributed by atoms with Crippen molar-refractivity contribution in [3.8, 4) is 0 Å². The zero-order valence-corrected chi connectivity index (χ0v) is 14.9. The van der Waals surface area contributed by atoms with Crippen LogP contribution in [-0.2, 0) is 6.42 Å². The smallest absolute Gasteiger partial charge is 0.0802 e. The number of halogens is 1. The first-order chi connectivity index (χ1) is 10.7. The Balaban J connectivity index is 0.00000192. The minimum absolute atomic E-state index is 0. The van der Waals surface area contributed by atoms with Crippen molar-refractivity contribution in [2.75, 3.05) is 20.6 Å². The van der Waals surface area contributed by atoms with Gasteiger partial charge in [-0.2, -0.15) is 0 Å². The van der Waals surface area contributed by atoms with Gasteiger partial charge in [-0.3, -0.25) is 0 Å². The lowest BCUT2D eigenvalue weighted by molar-refractivity contribution is -0.857. The zero-order valence-electron chi connectivity index (χ0n) is 14.1. The van der Waals surface area contributed by atoms with Crippen molar-refractivity contribution in [3.63, 3.8) is 0 Å². The molecule has 0 aromatic heterocycles. The molecule has 23 heavy (non-hydrogen) atoms. The maximum atomic E-state index is 2.40. The number of nitrogens with one attached hydrogen (secondary N) is 1. The molecule has 0 fully saturated rings. The predicted octanol–water partition coefficient (Wildman–Crippen LogP) is 0.368. The van der Waals surface area contributed by atoms with Crippen LogP contribution in [0.3, 0.4) is 0 Å². The van der Waals surface area contributed by atoms with Crippen LogP contribution in [-0.4, -0.2) is 20.6 Å². The summed E-state index contributed by atoms with van der Waals surface area (Å²) in [6.45, 7) is 1.17. The summed E-state index contributed by atoms with van der Waals surface area (Å²) in [4.78, 5) is 1.50. The molecular formula is C21H26ClN. The number of allylic oxidation sites excluding steroid dienone is 7. The van der Waals surface area contributed by atoms with E-state index in [1.54, 1.807) is 5.57 Å². The monoisotopic (exact) mass is 327 g/mol. The first-order valence-electron chi connectivity index (χ1n) is 8.38. The summed E-state index contributed by atoms with van der Waals surface area (Å²) in [6.07, 6.45) is 16.2. The third kappa shape index (κ3) is 4.46. The third-order valence-corrected chi connectivity index (χ3v) is 4.50. The van der Waals surface area contributed by atoms with Crippen LogP contribution in [0.15, 0.2) is 65.8 Å². The second kappa shape index (κ2) is 8.33. The van der Waals surface area contributed by atoms with Crippen molar-refractivity contribution in [2.45, 2.75) is 25.7 Å². The topological polar surface area (TPSA) is 4.44 Å². The highest BCUT2D eigenvalue weighted by Gasteiger charge is 2.14. The number of rotatable bonds is 3. The number of fused-ring (bicyclic) bond motifs is 1. The van der Waals surface area contributed by atoms with E-state index in [0.717, 1.165) is 12.8 Å². The maximum absolute atomic E-state index is 2.40. The van der Waals surface area contributed by atoms with Gasteiger partial charge >= 0.3 is 0 Å². The largest absolute Gasteiger partial charge is 1.00 e. The van der Waals surface area contributed by atoms with Gasteiger partial charge in [0.05, 0.1) is 20.6 Å². The molecule has 0 radical (unpaired) electrons. The highest BCUT2D eigenvalue weighted by atomic mass is 35.5. The van der Waals surface area contributed by atoms with E-state index in [1.165, 1.54) is 46.6 Å². The van der Waals surface area contributed by atoms with E-state index in [-0.39, 0.29) is 12.4 Å². The van der Waals surface area contributed by atoms with E-state index in [0.29, 0.717) is 0 Å². The Morgan fingerprint density at radius 3 is 2.74 bits per heavy atom. The summed E-state index contributed by atoms with van der Waals surface area (Å²) >= 11 is 0. The van der Waals surface area contributed by atoms with Crippen molar-refractivity contribution in [2.24, 2.45) is 0 Å². The summed E-state index contributed by atoms with van der Waals surface area (Å²) in [5.74, 6) is 0. The molecule has 0 bridgehead atoms. The Bertz CT molecular complexity index is 662. The minimum Gasteiger partial charge on any atom is -1.00 e. The van der Waals surface area contributed by atoms with Crippen LogP contribution in [0.2, 0.25) is 0 Å². The highest BCUT2D eigenvalue weighted by molar-refractivity contribution is 5.78. The minimum atomic E-state index is 0. The number of quaternary nitrogens is 1. The van der Waals surface area contributed by atoms with Crippen molar-refractivity contribution < 1.29 is 17.3 Å². The van der Waals surface area contributed by atoms with Crippen LogP contribution >= 0.6 is 0 Å². The second-order valence-electron chi connectivity index (χ2n) is 6.57. The molecule has 0 atom stereocenters. The van der Waals surface area contributed by atoms with Crippen LogP contribution < -0.4 is 17.3 Å². The molecule has 2 aliphatic carbocycles. The SMILES string of the molecule is C[NH+](C)CC/C=C1/C=C\C2=C(CCC=C2)Cc2ccccc21.[Cl-]. The molecule has 2 aliphatic rings. The van der Waals surface area contributed by atoms with Gasteiger partial charge in [0, 0.05) is 6.42 Å². The molecule has 1 aromatic carbocycles.